The second-order valence-corrected chi connectivity index (χ2v) is 6.77. The van der Waals surface area contributed by atoms with Crippen LogP contribution in [0.5, 0.6) is 0 Å². The van der Waals surface area contributed by atoms with Gasteiger partial charge in [0.05, 0.1) is 23.7 Å². The second-order valence-electron chi connectivity index (χ2n) is 4.61. The molecule has 0 saturated carbocycles. The van der Waals surface area contributed by atoms with Gasteiger partial charge in [0.25, 0.3) is 0 Å². The minimum absolute atomic E-state index is 0.0531. The number of hydrogen-bond donors (Lipinski definition) is 1. The molecule has 94 valence electrons. The van der Waals surface area contributed by atoms with Gasteiger partial charge < -0.3 is 5.11 Å². The highest BCUT2D eigenvalue weighted by atomic mass is 32.2. The average Bonchev–Trinajstić information content (AvgIpc) is 2.54. The van der Waals surface area contributed by atoms with Crippen molar-refractivity contribution in [1.29, 1.82) is 0 Å². The van der Waals surface area contributed by atoms with E-state index in [4.69, 9.17) is 0 Å². The van der Waals surface area contributed by atoms with Crippen molar-refractivity contribution in [3.8, 4) is 0 Å². The van der Waals surface area contributed by atoms with Crippen LogP contribution in [0.3, 0.4) is 0 Å². The Kier molecular flexibility index (Phi) is 3.51. The lowest BCUT2D eigenvalue weighted by atomic mass is 10.1. The number of likely N-dealkylation sites (N-methyl/N-ethyl adjacent to an activating group) is 1. The zero-order valence-corrected chi connectivity index (χ0v) is 10.6. The molecular formula is C12H17NO3S. The lowest BCUT2D eigenvalue weighted by Crippen LogP contribution is -2.39. The van der Waals surface area contributed by atoms with Crippen molar-refractivity contribution in [3.05, 3.63) is 35.9 Å². The minimum Gasteiger partial charge on any atom is -0.390 e. The lowest BCUT2D eigenvalue weighted by molar-refractivity contribution is 0.0958. The number of sulfone groups is 1. The molecule has 2 atom stereocenters. The predicted molar refractivity (Wildman–Crippen MR) is 66.4 cm³/mol. The Balaban J connectivity index is 2.04. The summed E-state index contributed by atoms with van der Waals surface area (Å²) in [5.41, 5.74) is 1.12. The summed E-state index contributed by atoms with van der Waals surface area (Å²) in [5.74, 6) is -0.0612. The molecule has 1 aromatic rings. The summed E-state index contributed by atoms with van der Waals surface area (Å²) in [6.45, 7) is 0.651. The fourth-order valence-electron chi connectivity index (χ4n) is 2.22. The number of aliphatic hydroxyl groups excluding tert-OH is 1. The van der Waals surface area contributed by atoms with Crippen molar-refractivity contribution in [2.75, 3.05) is 18.6 Å². The first-order valence-electron chi connectivity index (χ1n) is 5.60. The van der Waals surface area contributed by atoms with Crippen LogP contribution >= 0.6 is 0 Å². The maximum absolute atomic E-state index is 11.4. The first kappa shape index (κ1) is 12.5. The molecule has 4 nitrogen and oxygen atoms in total. The van der Waals surface area contributed by atoms with Crippen LogP contribution in [0.4, 0.5) is 0 Å². The summed E-state index contributed by atoms with van der Waals surface area (Å²) in [6, 6.07) is 9.53. The van der Waals surface area contributed by atoms with E-state index in [0.29, 0.717) is 6.54 Å². The van der Waals surface area contributed by atoms with Gasteiger partial charge in [0.1, 0.15) is 0 Å². The topological polar surface area (TPSA) is 57.6 Å². The van der Waals surface area contributed by atoms with E-state index in [2.05, 4.69) is 0 Å². The van der Waals surface area contributed by atoms with Crippen molar-refractivity contribution in [1.82, 2.24) is 4.90 Å². The molecule has 0 radical (unpaired) electrons. The van der Waals surface area contributed by atoms with Crippen molar-refractivity contribution >= 4 is 9.84 Å². The van der Waals surface area contributed by atoms with E-state index >= 15 is 0 Å². The van der Waals surface area contributed by atoms with Gasteiger partial charge in [-0.2, -0.15) is 0 Å². The third-order valence-electron chi connectivity index (χ3n) is 3.13. The largest absolute Gasteiger partial charge is 0.390 e. The first-order chi connectivity index (χ1) is 7.98. The molecule has 2 rings (SSSR count). The maximum Gasteiger partial charge on any atom is 0.154 e. The molecule has 1 aliphatic rings. The van der Waals surface area contributed by atoms with Crippen LogP contribution in [-0.2, 0) is 16.4 Å². The Hall–Kier alpha value is -0.910. The Bertz CT molecular complexity index is 472. The minimum atomic E-state index is -3.07. The van der Waals surface area contributed by atoms with Gasteiger partial charge in [0, 0.05) is 6.54 Å². The molecule has 17 heavy (non-hydrogen) atoms. The van der Waals surface area contributed by atoms with Crippen molar-refractivity contribution in [2.45, 2.75) is 18.7 Å². The highest BCUT2D eigenvalue weighted by Gasteiger charge is 2.38. The lowest BCUT2D eigenvalue weighted by Gasteiger charge is -2.25. The molecule has 1 heterocycles. The van der Waals surface area contributed by atoms with Crippen LogP contribution < -0.4 is 0 Å². The van der Waals surface area contributed by atoms with E-state index in [1.54, 1.807) is 0 Å². The number of benzene rings is 1. The van der Waals surface area contributed by atoms with E-state index in [-0.39, 0.29) is 17.5 Å². The van der Waals surface area contributed by atoms with Crippen LogP contribution in [0, 0.1) is 0 Å². The second kappa shape index (κ2) is 4.76. The fraction of sp³-hybridized carbons (Fsp3) is 0.500. The normalized spacial score (nSPS) is 27.5. The standard InChI is InChI=1S/C12H17NO3S/c1-13(7-10-5-3-2-4-6-10)11-8-17(15,16)9-12(11)14/h2-6,11-12,14H,7-9H2,1H3/t11-,12+/m1/s1. The van der Waals surface area contributed by atoms with E-state index in [1.165, 1.54) is 0 Å². The number of hydrogen-bond acceptors (Lipinski definition) is 4. The SMILES string of the molecule is CN(Cc1ccccc1)[C@@H]1CS(=O)(=O)C[C@@H]1O. The zero-order valence-electron chi connectivity index (χ0n) is 9.78. The van der Waals surface area contributed by atoms with Crippen molar-refractivity contribution < 1.29 is 13.5 Å². The van der Waals surface area contributed by atoms with Crippen LogP contribution in [0.1, 0.15) is 5.56 Å². The molecule has 0 spiro atoms. The van der Waals surface area contributed by atoms with E-state index in [1.807, 2.05) is 42.3 Å². The molecule has 0 bridgehead atoms. The number of nitrogens with zero attached hydrogens (tertiary/aromatic N) is 1. The number of rotatable bonds is 3. The van der Waals surface area contributed by atoms with E-state index < -0.39 is 15.9 Å². The maximum atomic E-state index is 11.4. The van der Waals surface area contributed by atoms with Gasteiger partial charge in [0.15, 0.2) is 9.84 Å². The molecule has 1 fully saturated rings. The molecule has 1 aliphatic heterocycles. The fourth-order valence-corrected chi connectivity index (χ4v) is 4.10. The van der Waals surface area contributed by atoms with Gasteiger partial charge in [-0.3, -0.25) is 4.90 Å². The van der Waals surface area contributed by atoms with Gasteiger partial charge in [-0.05, 0) is 12.6 Å². The van der Waals surface area contributed by atoms with Gasteiger partial charge in [0.2, 0.25) is 0 Å². The monoisotopic (exact) mass is 255 g/mol. The quantitative estimate of drug-likeness (QED) is 0.842. The smallest absolute Gasteiger partial charge is 0.154 e. The Labute approximate surface area is 102 Å². The van der Waals surface area contributed by atoms with Crippen LogP contribution in [0.15, 0.2) is 30.3 Å². The highest BCUT2D eigenvalue weighted by Crippen LogP contribution is 2.19. The Morgan fingerprint density at radius 1 is 1.29 bits per heavy atom. The van der Waals surface area contributed by atoms with E-state index in [0.717, 1.165) is 5.56 Å². The van der Waals surface area contributed by atoms with Crippen molar-refractivity contribution in [3.63, 3.8) is 0 Å². The van der Waals surface area contributed by atoms with Gasteiger partial charge in [-0.25, -0.2) is 8.42 Å². The molecule has 1 N–H and O–H groups in total. The molecular weight excluding hydrogens is 238 g/mol. The summed E-state index contributed by atoms with van der Waals surface area (Å²) in [6.07, 6.45) is -0.770. The summed E-state index contributed by atoms with van der Waals surface area (Å²) < 4.78 is 22.8. The van der Waals surface area contributed by atoms with Gasteiger partial charge in [-0.15, -0.1) is 0 Å². The molecule has 0 unspecified atom stereocenters. The third-order valence-corrected chi connectivity index (χ3v) is 4.83. The molecule has 0 amide bonds. The average molecular weight is 255 g/mol. The molecule has 1 saturated heterocycles. The zero-order chi connectivity index (χ0) is 12.5. The Morgan fingerprint density at radius 2 is 1.94 bits per heavy atom. The summed E-state index contributed by atoms with van der Waals surface area (Å²) in [4.78, 5) is 1.91. The highest BCUT2D eigenvalue weighted by molar-refractivity contribution is 7.91. The van der Waals surface area contributed by atoms with Crippen LogP contribution in [0.25, 0.3) is 0 Å². The number of aliphatic hydroxyl groups is 1. The Morgan fingerprint density at radius 3 is 2.47 bits per heavy atom. The molecule has 1 aromatic carbocycles. The first-order valence-corrected chi connectivity index (χ1v) is 7.43. The van der Waals surface area contributed by atoms with Crippen LogP contribution in [-0.4, -0.2) is 49.1 Å². The van der Waals surface area contributed by atoms with Crippen LogP contribution in [0.2, 0.25) is 0 Å². The molecule has 0 aromatic heterocycles. The predicted octanol–water partition coefficient (Wildman–Crippen LogP) is 0.276. The third kappa shape index (κ3) is 3.06. The van der Waals surface area contributed by atoms with E-state index in [9.17, 15) is 13.5 Å². The molecule has 5 heteroatoms. The van der Waals surface area contributed by atoms with Crippen molar-refractivity contribution in [2.24, 2.45) is 0 Å². The van der Waals surface area contributed by atoms with Gasteiger partial charge >= 0.3 is 0 Å². The summed E-state index contributed by atoms with van der Waals surface area (Å²) in [5, 5.41) is 9.75. The molecule has 0 aliphatic carbocycles. The summed E-state index contributed by atoms with van der Waals surface area (Å²) in [7, 11) is -1.22. The summed E-state index contributed by atoms with van der Waals surface area (Å²) >= 11 is 0. The van der Waals surface area contributed by atoms with Gasteiger partial charge in [-0.1, -0.05) is 30.3 Å².